The van der Waals surface area contributed by atoms with Gasteiger partial charge in [-0.15, -0.1) is 6.58 Å². The Labute approximate surface area is 114 Å². The molecule has 6 heteroatoms. The lowest BCUT2D eigenvalue weighted by atomic mass is 10.2. The average Bonchev–Trinajstić information content (AvgIpc) is 2.71. The molecule has 17 heavy (non-hydrogen) atoms. The van der Waals surface area contributed by atoms with Gasteiger partial charge in [0.05, 0.1) is 27.1 Å². The number of benzene rings is 1. The third kappa shape index (κ3) is 2.70. The van der Waals surface area contributed by atoms with Crippen LogP contribution in [0.15, 0.2) is 26.9 Å². The van der Waals surface area contributed by atoms with Crippen LogP contribution < -0.4 is 5.32 Å². The number of fused-ring (bicyclic) bond motifs is 1. The van der Waals surface area contributed by atoms with Crippen molar-refractivity contribution in [2.45, 2.75) is 13.3 Å². The number of rotatable bonds is 4. The van der Waals surface area contributed by atoms with Crippen LogP contribution >= 0.6 is 23.2 Å². The number of anilines is 1. The normalized spacial score (nSPS) is 12.2. The summed E-state index contributed by atoms with van der Waals surface area (Å²) in [6, 6.07) is 1.69. The van der Waals surface area contributed by atoms with Gasteiger partial charge in [0.2, 0.25) is 0 Å². The topological polar surface area (TPSA) is 36.8 Å². The zero-order valence-electron chi connectivity index (χ0n) is 9.26. The van der Waals surface area contributed by atoms with Crippen molar-refractivity contribution in [3.05, 3.63) is 28.3 Å². The zero-order valence-corrected chi connectivity index (χ0v) is 11.6. The summed E-state index contributed by atoms with van der Waals surface area (Å²) < 4.78 is 8.36. The van der Waals surface area contributed by atoms with E-state index >= 15 is 0 Å². The lowest BCUT2D eigenvalue weighted by molar-refractivity contribution is 1.00. The van der Waals surface area contributed by atoms with Crippen LogP contribution in [0, 0.1) is 0 Å². The molecule has 1 aliphatic rings. The summed E-state index contributed by atoms with van der Waals surface area (Å²) >= 11 is 13.3. The van der Waals surface area contributed by atoms with Gasteiger partial charge in [-0.3, -0.25) is 0 Å². The molecular formula is C11H11Cl2N3S. The van der Waals surface area contributed by atoms with Gasteiger partial charge in [0.25, 0.3) is 0 Å². The predicted octanol–water partition coefficient (Wildman–Crippen LogP) is 5.10. The fraction of sp³-hybridized carbons (Fsp3) is 0.273. The van der Waals surface area contributed by atoms with E-state index in [9.17, 15) is 0 Å². The van der Waals surface area contributed by atoms with Crippen LogP contribution in [0.25, 0.3) is 0 Å². The van der Waals surface area contributed by atoms with Gasteiger partial charge in [-0.1, -0.05) is 28.8 Å². The van der Waals surface area contributed by atoms with Crippen LogP contribution in [0.2, 0.25) is 10.0 Å². The fourth-order valence-corrected chi connectivity index (χ4v) is 2.62. The number of halogens is 2. The molecule has 0 spiro atoms. The summed E-state index contributed by atoms with van der Waals surface area (Å²) in [7, 11) is 0. The average molecular weight is 288 g/mol. The number of nitrogens with one attached hydrogen (secondary N) is 1. The molecule has 2 rings (SSSR count). The number of nitrogens with zero attached hydrogens (tertiary/aromatic N) is 2. The van der Waals surface area contributed by atoms with Crippen LogP contribution in [0.5, 0.6) is 0 Å². The summed E-state index contributed by atoms with van der Waals surface area (Å²) in [5.41, 5.74) is 3.34. The number of hydrogen-bond donors (Lipinski definition) is 1. The monoisotopic (exact) mass is 287 g/mol. The van der Waals surface area contributed by atoms with E-state index in [0.29, 0.717) is 15.7 Å². The highest BCUT2D eigenvalue weighted by atomic mass is 35.5. The minimum atomic E-state index is 0.532. The first-order valence-electron chi connectivity index (χ1n) is 5.08. The van der Waals surface area contributed by atoms with E-state index in [4.69, 9.17) is 23.2 Å². The van der Waals surface area contributed by atoms with Crippen LogP contribution in [-0.4, -0.2) is 6.54 Å². The van der Waals surface area contributed by atoms with Crippen molar-refractivity contribution in [2.75, 3.05) is 11.9 Å². The standard InChI is InChI=1S/C11H11Cl2N3S/c1-6(2)3-4-14-9-7(12)5-8(13)10-11(9)16-17-15-10/h5,14H,1,3-4H2,2H3. The second-order valence-corrected chi connectivity index (χ2v) is 5.15. The molecule has 90 valence electrons. The van der Waals surface area contributed by atoms with Gasteiger partial charge in [-0.2, -0.15) is 8.73 Å². The third-order valence-corrected chi connectivity index (χ3v) is 3.41. The SMILES string of the molecule is C=C(C)CCNc1c(Cl)cc(Cl)c2c1N=S=N2. The van der Waals surface area contributed by atoms with Crippen LogP contribution in [0.1, 0.15) is 13.3 Å². The van der Waals surface area contributed by atoms with Crippen molar-refractivity contribution < 1.29 is 0 Å². The van der Waals surface area contributed by atoms with E-state index in [1.807, 2.05) is 6.92 Å². The second kappa shape index (κ2) is 5.21. The van der Waals surface area contributed by atoms with Crippen LogP contribution in [0.3, 0.4) is 0 Å². The van der Waals surface area contributed by atoms with E-state index < -0.39 is 0 Å². The van der Waals surface area contributed by atoms with E-state index in [1.165, 1.54) is 0 Å². The lowest BCUT2D eigenvalue weighted by Gasteiger charge is -2.11. The Hall–Kier alpha value is -0.840. The Kier molecular flexibility index (Phi) is 3.86. The van der Waals surface area contributed by atoms with Crippen molar-refractivity contribution in [1.29, 1.82) is 0 Å². The summed E-state index contributed by atoms with van der Waals surface area (Å²) in [6.07, 6.45) is 0.887. The first kappa shape index (κ1) is 12.6. The van der Waals surface area contributed by atoms with Gasteiger partial charge < -0.3 is 5.32 Å². The molecule has 0 atom stereocenters. The molecule has 0 saturated carbocycles. The molecular weight excluding hydrogens is 277 g/mol. The Bertz CT molecular complexity index is 548. The van der Waals surface area contributed by atoms with Gasteiger partial charge in [0.1, 0.15) is 11.4 Å². The quantitative estimate of drug-likeness (QED) is 0.781. The molecule has 0 bridgehead atoms. The molecule has 0 amide bonds. The molecule has 1 N–H and O–H groups in total. The maximum Gasteiger partial charge on any atom is 0.130 e. The molecule has 0 aromatic heterocycles. The van der Waals surface area contributed by atoms with Crippen LogP contribution in [-0.2, 0) is 11.4 Å². The fourth-order valence-electron chi connectivity index (χ4n) is 1.44. The number of hydrogen-bond acceptors (Lipinski definition) is 3. The summed E-state index contributed by atoms with van der Waals surface area (Å²) in [6.45, 7) is 6.61. The van der Waals surface area contributed by atoms with Gasteiger partial charge in [-0.05, 0) is 19.4 Å². The predicted molar refractivity (Wildman–Crippen MR) is 75.9 cm³/mol. The molecule has 0 aliphatic carbocycles. The first-order valence-corrected chi connectivity index (χ1v) is 6.56. The highest BCUT2D eigenvalue weighted by Crippen LogP contribution is 2.47. The minimum Gasteiger partial charge on any atom is -0.382 e. The van der Waals surface area contributed by atoms with Crippen molar-refractivity contribution in [2.24, 2.45) is 8.73 Å². The van der Waals surface area contributed by atoms with Gasteiger partial charge in [-0.25, -0.2) is 0 Å². The van der Waals surface area contributed by atoms with Crippen molar-refractivity contribution in [3.63, 3.8) is 0 Å². The molecule has 1 heterocycles. The van der Waals surface area contributed by atoms with Crippen LogP contribution in [0.4, 0.5) is 17.1 Å². The maximum absolute atomic E-state index is 6.15. The van der Waals surface area contributed by atoms with E-state index in [1.54, 1.807) is 6.07 Å². The molecule has 0 unspecified atom stereocenters. The molecule has 1 aliphatic heterocycles. The highest BCUT2D eigenvalue weighted by Gasteiger charge is 2.18. The molecule has 0 saturated heterocycles. The second-order valence-electron chi connectivity index (χ2n) is 3.81. The van der Waals surface area contributed by atoms with E-state index in [-0.39, 0.29) is 0 Å². The first-order chi connectivity index (χ1) is 8.09. The van der Waals surface area contributed by atoms with Crippen molar-refractivity contribution >= 4 is 51.6 Å². The van der Waals surface area contributed by atoms with Crippen molar-refractivity contribution in [1.82, 2.24) is 0 Å². The molecule has 3 nitrogen and oxygen atoms in total. The maximum atomic E-state index is 6.15. The summed E-state index contributed by atoms with van der Waals surface area (Å²) in [4.78, 5) is 0. The Morgan fingerprint density at radius 1 is 1.35 bits per heavy atom. The van der Waals surface area contributed by atoms with Gasteiger partial charge in [0.15, 0.2) is 0 Å². The zero-order chi connectivity index (χ0) is 12.4. The third-order valence-electron chi connectivity index (χ3n) is 2.30. The molecule has 0 radical (unpaired) electrons. The highest BCUT2D eigenvalue weighted by molar-refractivity contribution is 7.58. The lowest BCUT2D eigenvalue weighted by Crippen LogP contribution is -2.02. The van der Waals surface area contributed by atoms with Gasteiger partial charge >= 0.3 is 0 Å². The Balaban J connectivity index is 2.26. The summed E-state index contributed by atoms with van der Waals surface area (Å²) in [5.74, 6) is 0. The van der Waals surface area contributed by atoms with Crippen molar-refractivity contribution in [3.8, 4) is 0 Å². The largest absolute Gasteiger partial charge is 0.382 e. The smallest absolute Gasteiger partial charge is 0.130 e. The minimum absolute atomic E-state index is 0.532. The molecule has 1 aromatic carbocycles. The Morgan fingerprint density at radius 2 is 2.06 bits per heavy atom. The van der Waals surface area contributed by atoms with E-state index in [0.717, 1.165) is 41.3 Å². The van der Waals surface area contributed by atoms with E-state index in [2.05, 4.69) is 20.6 Å². The summed E-state index contributed by atoms with van der Waals surface area (Å²) in [5, 5.41) is 4.35. The molecule has 1 aromatic rings. The molecule has 0 fully saturated rings. The van der Waals surface area contributed by atoms with Gasteiger partial charge in [0, 0.05) is 6.54 Å². The Morgan fingerprint density at radius 3 is 2.76 bits per heavy atom.